The van der Waals surface area contributed by atoms with Gasteiger partial charge >= 0.3 is 0 Å². The molecule has 3 aromatic rings. The molecule has 1 N–H and O–H groups in total. The molecule has 27 heavy (non-hydrogen) atoms. The summed E-state index contributed by atoms with van der Waals surface area (Å²) in [6, 6.07) is 8.29. The zero-order valence-electron chi connectivity index (χ0n) is 14.5. The maximum absolute atomic E-state index is 13.1. The van der Waals surface area contributed by atoms with Gasteiger partial charge in [-0.1, -0.05) is 18.2 Å². The first-order chi connectivity index (χ1) is 13.1. The Bertz CT molecular complexity index is 1090. The molecule has 134 valence electrons. The number of fused-ring (bicyclic) bond motifs is 2. The van der Waals surface area contributed by atoms with E-state index in [0.717, 1.165) is 0 Å². The van der Waals surface area contributed by atoms with Crippen molar-refractivity contribution in [2.45, 2.75) is 0 Å². The highest BCUT2D eigenvalue weighted by Gasteiger charge is 2.34. The maximum atomic E-state index is 13.1. The summed E-state index contributed by atoms with van der Waals surface area (Å²) < 4.78 is 10.7. The number of ether oxygens (including phenoxy) is 2. The van der Waals surface area contributed by atoms with Crippen LogP contribution >= 0.6 is 0 Å². The number of ketones is 2. The zero-order chi connectivity index (χ0) is 19.0. The Balaban J connectivity index is 1.87. The van der Waals surface area contributed by atoms with Crippen molar-refractivity contribution in [2.75, 3.05) is 14.2 Å². The van der Waals surface area contributed by atoms with E-state index in [1.165, 1.54) is 14.2 Å². The van der Waals surface area contributed by atoms with Crippen molar-refractivity contribution in [1.82, 2.24) is 20.6 Å². The van der Waals surface area contributed by atoms with Crippen molar-refractivity contribution in [3.8, 4) is 11.5 Å². The standard InChI is InChI=1S/C19H14N4O4/c1-26-13-5-3-4-11-16(13)19(25)17-12(18(11)24)8-10(9-14(17)27-2)6-7-15-20-22-23-21-15/h3-9H,1-2H3,(H,20,21,22,23). The van der Waals surface area contributed by atoms with Gasteiger partial charge in [-0.25, -0.2) is 0 Å². The molecule has 0 spiro atoms. The van der Waals surface area contributed by atoms with Crippen molar-refractivity contribution in [1.29, 1.82) is 0 Å². The number of nitrogens with zero attached hydrogens (tertiary/aromatic N) is 3. The molecular formula is C19H14N4O4. The van der Waals surface area contributed by atoms with E-state index in [0.29, 0.717) is 28.5 Å². The molecule has 0 saturated heterocycles. The number of carbonyl (C=O) groups excluding carboxylic acids is 2. The molecular weight excluding hydrogens is 348 g/mol. The van der Waals surface area contributed by atoms with Gasteiger partial charge in [-0.2, -0.15) is 5.21 Å². The molecule has 0 atom stereocenters. The largest absolute Gasteiger partial charge is 0.496 e. The molecule has 8 nitrogen and oxygen atoms in total. The minimum atomic E-state index is -0.303. The van der Waals surface area contributed by atoms with Crippen molar-refractivity contribution in [3.05, 3.63) is 64.0 Å². The van der Waals surface area contributed by atoms with Crippen LogP contribution in [0.1, 0.15) is 43.2 Å². The number of carbonyl (C=O) groups is 2. The first kappa shape index (κ1) is 16.6. The lowest BCUT2D eigenvalue weighted by Gasteiger charge is -2.21. The lowest BCUT2D eigenvalue weighted by atomic mass is 9.82. The van der Waals surface area contributed by atoms with Gasteiger partial charge in [0.25, 0.3) is 0 Å². The molecule has 2 aromatic carbocycles. The Morgan fingerprint density at radius 2 is 1.70 bits per heavy atom. The van der Waals surface area contributed by atoms with E-state index < -0.39 is 0 Å². The van der Waals surface area contributed by atoms with Crippen LogP contribution in [-0.2, 0) is 0 Å². The summed E-state index contributed by atoms with van der Waals surface area (Å²) >= 11 is 0. The molecule has 0 saturated carbocycles. The summed E-state index contributed by atoms with van der Waals surface area (Å²) in [4.78, 5) is 26.2. The van der Waals surface area contributed by atoms with Crippen LogP contribution in [0.4, 0.5) is 0 Å². The summed E-state index contributed by atoms with van der Waals surface area (Å²) in [6.07, 6.45) is 3.35. The third-order valence-electron chi connectivity index (χ3n) is 4.32. The highest BCUT2D eigenvalue weighted by atomic mass is 16.5. The average Bonchev–Trinajstić information content (AvgIpc) is 3.22. The second kappa shape index (κ2) is 6.49. The van der Waals surface area contributed by atoms with Gasteiger partial charge in [0.05, 0.1) is 25.3 Å². The minimum absolute atomic E-state index is 0.233. The third-order valence-corrected chi connectivity index (χ3v) is 4.32. The highest BCUT2D eigenvalue weighted by Crippen LogP contribution is 2.38. The van der Waals surface area contributed by atoms with Crippen LogP contribution in [0.25, 0.3) is 12.2 Å². The van der Waals surface area contributed by atoms with Crippen molar-refractivity contribution in [3.63, 3.8) is 0 Å². The van der Waals surface area contributed by atoms with Crippen molar-refractivity contribution < 1.29 is 19.1 Å². The highest BCUT2D eigenvalue weighted by molar-refractivity contribution is 6.30. The van der Waals surface area contributed by atoms with Gasteiger partial charge in [0.1, 0.15) is 11.5 Å². The summed E-state index contributed by atoms with van der Waals surface area (Å²) in [5.41, 5.74) is 1.76. The Hall–Kier alpha value is -3.81. The molecule has 0 unspecified atom stereocenters. The molecule has 1 aliphatic rings. The number of rotatable bonds is 4. The Morgan fingerprint density at radius 3 is 2.41 bits per heavy atom. The lowest BCUT2D eigenvalue weighted by Crippen LogP contribution is -2.22. The zero-order valence-corrected chi connectivity index (χ0v) is 14.5. The average molecular weight is 362 g/mol. The van der Waals surface area contributed by atoms with E-state index >= 15 is 0 Å². The quantitative estimate of drug-likeness (QED) is 0.593. The molecule has 4 rings (SSSR count). The van der Waals surface area contributed by atoms with Gasteiger partial charge in [-0.15, -0.1) is 10.2 Å². The molecule has 0 fully saturated rings. The van der Waals surface area contributed by atoms with Crippen LogP contribution in [0.2, 0.25) is 0 Å². The number of tetrazole rings is 1. The SMILES string of the molecule is COc1cccc2c1C(=O)c1c(OC)cc(C=Cc3nn[nH]n3)cc1C2=O. The normalized spacial score (nSPS) is 12.8. The number of nitrogens with one attached hydrogen (secondary N) is 1. The monoisotopic (exact) mass is 362 g/mol. The number of benzene rings is 2. The van der Waals surface area contributed by atoms with Crippen LogP contribution < -0.4 is 9.47 Å². The molecule has 1 aromatic heterocycles. The molecule has 0 amide bonds. The molecule has 0 bridgehead atoms. The third kappa shape index (κ3) is 2.67. The molecule has 8 heteroatoms. The fourth-order valence-corrected chi connectivity index (χ4v) is 3.11. The molecule has 1 aliphatic carbocycles. The summed E-state index contributed by atoms with van der Waals surface area (Å²) in [5.74, 6) is 0.508. The van der Waals surface area contributed by atoms with Gasteiger partial charge in [-0.3, -0.25) is 9.59 Å². The van der Waals surface area contributed by atoms with Gasteiger partial charge in [-0.05, 0) is 35.1 Å². The number of aromatic amines is 1. The van der Waals surface area contributed by atoms with E-state index in [4.69, 9.17) is 9.47 Å². The van der Waals surface area contributed by atoms with E-state index in [1.807, 2.05) is 0 Å². The number of hydrogen-bond acceptors (Lipinski definition) is 7. The number of hydrogen-bond donors (Lipinski definition) is 1. The van der Waals surface area contributed by atoms with Gasteiger partial charge in [0.15, 0.2) is 11.6 Å². The van der Waals surface area contributed by atoms with Gasteiger partial charge in [0, 0.05) is 11.1 Å². The molecule has 0 aliphatic heterocycles. The van der Waals surface area contributed by atoms with E-state index in [2.05, 4.69) is 20.6 Å². The van der Waals surface area contributed by atoms with Crippen LogP contribution in [-0.4, -0.2) is 46.4 Å². The van der Waals surface area contributed by atoms with Gasteiger partial charge in [0.2, 0.25) is 5.78 Å². The second-order valence-electron chi connectivity index (χ2n) is 5.79. The predicted octanol–water partition coefficient (Wildman–Crippen LogP) is 2.16. The second-order valence-corrected chi connectivity index (χ2v) is 5.79. The van der Waals surface area contributed by atoms with Crippen molar-refractivity contribution >= 4 is 23.7 Å². The molecule has 1 heterocycles. The fourth-order valence-electron chi connectivity index (χ4n) is 3.11. The van der Waals surface area contributed by atoms with Crippen molar-refractivity contribution in [2.24, 2.45) is 0 Å². The topological polar surface area (TPSA) is 107 Å². The van der Waals surface area contributed by atoms with E-state index in [1.54, 1.807) is 42.5 Å². The van der Waals surface area contributed by atoms with Crippen LogP contribution in [0.3, 0.4) is 0 Å². The summed E-state index contributed by atoms with van der Waals surface area (Å²) in [7, 11) is 2.92. The predicted molar refractivity (Wildman–Crippen MR) is 96.0 cm³/mol. The van der Waals surface area contributed by atoms with E-state index in [-0.39, 0.29) is 28.3 Å². The lowest BCUT2D eigenvalue weighted by molar-refractivity contribution is 0.0974. The maximum Gasteiger partial charge on any atom is 0.201 e. The van der Waals surface area contributed by atoms with Crippen LogP contribution in [0.15, 0.2) is 30.3 Å². The Morgan fingerprint density at radius 1 is 0.926 bits per heavy atom. The Kier molecular flexibility index (Phi) is 4.00. The number of aromatic nitrogens is 4. The number of methoxy groups -OCH3 is 2. The smallest absolute Gasteiger partial charge is 0.201 e. The number of H-pyrrole nitrogens is 1. The van der Waals surface area contributed by atoms with Gasteiger partial charge < -0.3 is 9.47 Å². The summed E-state index contributed by atoms with van der Waals surface area (Å²) in [5, 5.41) is 13.5. The first-order valence-corrected chi connectivity index (χ1v) is 8.04. The Labute approximate surface area is 153 Å². The van der Waals surface area contributed by atoms with E-state index in [9.17, 15) is 9.59 Å². The molecule has 0 radical (unpaired) electrons. The van der Waals surface area contributed by atoms with Crippen LogP contribution in [0, 0.1) is 0 Å². The fraction of sp³-hybridized carbons (Fsp3) is 0.105. The minimum Gasteiger partial charge on any atom is -0.496 e. The first-order valence-electron chi connectivity index (χ1n) is 8.04. The summed E-state index contributed by atoms with van der Waals surface area (Å²) in [6.45, 7) is 0. The van der Waals surface area contributed by atoms with Crippen LogP contribution in [0.5, 0.6) is 11.5 Å².